The lowest BCUT2D eigenvalue weighted by atomic mass is 11.0. The maximum Gasteiger partial charge on any atom is 0.0599 e. The van der Waals surface area contributed by atoms with E-state index >= 15 is 0 Å². The fraction of sp³-hybridized carbons (Fsp3) is 0.667. The Hall–Kier alpha value is 1.14. The van der Waals surface area contributed by atoms with E-state index < -0.39 is 0 Å². The summed E-state index contributed by atoms with van der Waals surface area (Å²) in [6, 6.07) is 0. The Labute approximate surface area is 79.4 Å². The average molecular weight is 210 g/mol. The lowest BCUT2D eigenvalue weighted by Crippen LogP contribution is -1.92. The molecule has 0 nitrogen and oxygen atoms in total. The van der Waals surface area contributed by atoms with Crippen LogP contribution in [-0.2, 0) is 0 Å². The molecular weight excluding hydrogens is 200 g/mol. The van der Waals surface area contributed by atoms with E-state index in [4.69, 9.17) is 0 Å². The van der Waals surface area contributed by atoms with Crippen LogP contribution >= 0.6 is 47.0 Å². The van der Waals surface area contributed by atoms with Crippen LogP contribution in [0.1, 0.15) is 0 Å². The van der Waals surface area contributed by atoms with Crippen LogP contribution < -0.4 is 0 Å². The van der Waals surface area contributed by atoms with Crippen LogP contribution in [0.15, 0.2) is 8.47 Å². The maximum atomic E-state index is 2.16. The molecule has 1 aliphatic rings. The van der Waals surface area contributed by atoms with E-state index in [1.54, 1.807) is 0 Å². The molecule has 0 N–H and O–H groups in total. The normalized spacial score (nSPS) is 19.8. The number of hydrogen-bond acceptors (Lipinski definition) is 4. The smallest absolute Gasteiger partial charge is 0.0599 e. The van der Waals surface area contributed by atoms with Crippen LogP contribution in [0.4, 0.5) is 0 Å². The third kappa shape index (κ3) is 2.32. The molecule has 0 bridgehead atoms. The molecule has 0 aromatic heterocycles. The van der Waals surface area contributed by atoms with Gasteiger partial charge in [0.1, 0.15) is 0 Å². The zero-order chi connectivity index (χ0) is 7.40. The SMILES string of the molecule is CSC1=C(SC)SCCS1. The van der Waals surface area contributed by atoms with E-state index in [0.717, 1.165) is 0 Å². The lowest BCUT2D eigenvalue weighted by Gasteiger charge is -2.15. The van der Waals surface area contributed by atoms with Crippen LogP contribution in [0.3, 0.4) is 0 Å². The van der Waals surface area contributed by atoms with Gasteiger partial charge in [-0.25, -0.2) is 0 Å². The summed E-state index contributed by atoms with van der Waals surface area (Å²) in [7, 11) is 0. The van der Waals surface area contributed by atoms with Gasteiger partial charge in [0.15, 0.2) is 0 Å². The second-order valence-corrected chi connectivity index (χ2v) is 6.04. The molecule has 10 heavy (non-hydrogen) atoms. The summed E-state index contributed by atoms with van der Waals surface area (Å²) in [4.78, 5) is 0. The van der Waals surface area contributed by atoms with E-state index in [0.29, 0.717) is 0 Å². The summed E-state index contributed by atoms with van der Waals surface area (Å²) < 4.78 is 3.03. The molecule has 0 spiro atoms. The first kappa shape index (κ1) is 9.23. The summed E-state index contributed by atoms with van der Waals surface area (Å²) in [6.07, 6.45) is 4.31. The van der Waals surface area contributed by atoms with Crippen molar-refractivity contribution in [1.29, 1.82) is 0 Å². The topological polar surface area (TPSA) is 0 Å². The predicted molar refractivity (Wildman–Crippen MR) is 59.0 cm³/mol. The second kappa shape index (κ2) is 4.91. The molecule has 0 aliphatic carbocycles. The monoisotopic (exact) mass is 210 g/mol. The number of thioether (sulfide) groups is 4. The van der Waals surface area contributed by atoms with Crippen molar-refractivity contribution in [3.05, 3.63) is 8.47 Å². The van der Waals surface area contributed by atoms with Crippen LogP contribution in [0.25, 0.3) is 0 Å². The van der Waals surface area contributed by atoms with E-state index in [1.807, 2.05) is 47.0 Å². The molecule has 58 valence electrons. The standard InChI is InChI=1S/C6H10S4/c1-7-5-6(8-2)10-4-3-9-5/h3-4H2,1-2H3. The number of hydrogen-bond donors (Lipinski definition) is 0. The molecule has 4 heteroatoms. The van der Waals surface area contributed by atoms with Gasteiger partial charge >= 0.3 is 0 Å². The highest BCUT2D eigenvalue weighted by atomic mass is 32.2. The third-order valence-corrected chi connectivity index (χ3v) is 6.47. The van der Waals surface area contributed by atoms with Crippen molar-refractivity contribution in [3.8, 4) is 0 Å². The van der Waals surface area contributed by atoms with Crippen molar-refractivity contribution < 1.29 is 0 Å². The summed E-state index contributed by atoms with van der Waals surface area (Å²) in [6.45, 7) is 0. The van der Waals surface area contributed by atoms with E-state index in [-0.39, 0.29) is 0 Å². The minimum atomic E-state index is 1.28. The Morgan fingerprint density at radius 1 is 1.00 bits per heavy atom. The first-order chi connectivity index (χ1) is 4.88. The fourth-order valence-electron chi connectivity index (χ4n) is 0.671. The van der Waals surface area contributed by atoms with Gasteiger partial charge in [-0.1, -0.05) is 0 Å². The summed E-state index contributed by atoms with van der Waals surface area (Å²) >= 11 is 7.75. The zero-order valence-electron chi connectivity index (χ0n) is 6.05. The highest BCUT2D eigenvalue weighted by molar-refractivity contribution is 8.29. The maximum absolute atomic E-state index is 2.16. The minimum Gasteiger partial charge on any atom is -0.121 e. The summed E-state index contributed by atoms with van der Waals surface area (Å²) in [5.41, 5.74) is 0. The highest BCUT2D eigenvalue weighted by Crippen LogP contribution is 2.44. The molecule has 0 amide bonds. The molecule has 0 aromatic carbocycles. The van der Waals surface area contributed by atoms with Gasteiger partial charge in [-0.2, -0.15) is 0 Å². The molecule has 1 rings (SSSR count). The first-order valence-corrected chi connectivity index (χ1v) is 7.38. The first-order valence-electron chi connectivity index (χ1n) is 2.96. The average Bonchev–Trinajstić information content (AvgIpc) is 2.04. The van der Waals surface area contributed by atoms with Gasteiger partial charge in [-0.3, -0.25) is 0 Å². The second-order valence-electron chi connectivity index (χ2n) is 1.68. The third-order valence-electron chi connectivity index (χ3n) is 1.09. The van der Waals surface area contributed by atoms with Gasteiger partial charge in [0.25, 0.3) is 0 Å². The Kier molecular flexibility index (Phi) is 4.53. The van der Waals surface area contributed by atoms with Gasteiger partial charge in [-0.05, 0) is 12.5 Å². The van der Waals surface area contributed by atoms with Crippen molar-refractivity contribution in [3.63, 3.8) is 0 Å². The van der Waals surface area contributed by atoms with Crippen molar-refractivity contribution in [2.24, 2.45) is 0 Å². The Bertz CT molecular complexity index is 125. The van der Waals surface area contributed by atoms with Gasteiger partial charge in [0.05, 0.1) is 8.47 Å². The fourth-order valence-corrected chi connectivity index (χ4v) is 5.43. The molecule has 0 saturated heterocycles. The van der Waals surface area contributed by atoms with Crippen LogP contribution in [0, 0.1) is 0 Å². The minimum absolute atomic E-state index is 1.28. The van der Waals surface area contributed by atoms with Gasteiger partial charge < -0.3 is 0 Å². The molecule has 0 fully saturated rings. The molecule has 0 saturated carbocycles. The zero-order valence-corrected chi connectivity index (χ0v) is 9.31. The highest BCUT2D eigenvalue weighted by Gasteiger charge is 2.11. The Morgan fingerprint density at radius 2 is 1.40 bits per heavy atom. The van der Waals surface area contributed by atoms with Crippen molar-refractivity contribution >= 4 is 47.0 Å². The van der Waals surface area contributed by atoms with Crippen molar-refractivity contribution in [2.45, 2.75) is 0 Å². The largest absolute Gasteiger partial charge is 0.121 e. The molecule has 0 aromatic rings. The lowest BCUT2D eigenvalue weighted by molar-refractivity contribution is 1.56. The number of rotatable bonds is 2. The molecule has 0 atom stereocenters. The van der Waals surface area contributed by atoms with Gasteiger partial charge in [-0.15, -0.1) is 47.0 Å². The van der Waals surface area contributed by atoms with Gasteiger partial charge in [0, 0.05) is 11.5 Å². The predicted octanol–water partition coefficient (Wildman–Crippen LogP) is 3.32. The van der Waals surface area contributed by atoms with E-state index in [9.17, 15) is 0 Å². The van der Waals surface area contributed by atoms with Crippen molar-refractivity contribution in [1.82, 2.24) is 0 Å². The van der Waals surface area contributed by atoms with Crippen LogP contribution in [0.2, 0.25) is 0 Å². The Balaban J connectivity index is 2.63. The quantitative estimate of drug-likeness (QED) is 0.685. The van der Waals surface area contributed by atoms with Crippen LogP contribution in [-0.4, -0.2) is 24.0 Å². The molecule has 0 radical (unpaired) electrons. The van der Waals surface area contributed by atoms with E-state index in [2.05, 4.69) is 12.5 Å². The summed E-state index contributed by atoms with van der Waals surface area (Å²) in [5, 5.41) is 0. The Morgan fingerprint density at radius 3 is 1.70 bits per heavy atom. The molecular formula is C6H10S4. The molecule has 0 unspecified atom stereocenters. The van der Waals surface area contributed by atoms with E-state index in [1.165, 1.54) is 20.0 Å². The van der Waals surface area contributed by atoms with Gasteiger partial charge in [0.2, 0.25) is 0 Å². The van der Waals surface area contributed by atoms with Crippen molar-refractivity contribution in [2.75, 3.05) is 24.0 Å². The van der Waals surface area contributed by atoms with Crippen LogP contribution in [0.5, 0.6) is 0 Å². The molecule has 1 heterocycles. The molecule has 1 aliphatic heterocycles. The summed E-state index contributed by atoms with van der Waals surface area (Å²) in [5.74, 6) is 2.57.